The fourth-order valence-corrected chi connectivity index (χ4v) is 2.40. The third-order valence-electron chi connectivity index (χ3n) is 3.31. The van der Waals surface area contributed by atoms with Crippen molar-refractivity contribution in [2.24, 2.45) is 5.10 Å². The van der Waals surface area contributed by atoms with Gasteiger partial charge in [-0.2, -0.15) is 5.10 Å². The maximum absolute atomic E-state index is 5.05. The Bertz CT molecular complexity index is 428. The number of hydrogen-bond donors (Lipinski definition) is 2. The smallest absolute Gasteiger partial charge is 0.186 e. The third kappa shape index (κ3) is 3.29. The second-order valence-corrected chi connectivity index (χ2v) is 4.91. The fraction of sp³-hybridized carbons (Fsp3) is 0.429. The summed E-state index contributed by atoms with van der Waals surface area (Å²) in [5, 5.41) is 7.92. The standard InChI is InChI=1S/C14H19N3S/c1-15-14(18)17-16-13-10-6-5-9-12(13)11-7-3-2-4-8-11/h2-4,7-8,12H,5-6,9-10H2,1H3,(H2,15,17,18)/b16-13-/t12-/m1/s1. The Morgan fingerprint density at radius 1 is 1.28 bits per heavy atom. The Balaban J connectivity index is 2.13. The summed E-state index contributed by atoms with van der Waals surface area (Å²) in [6, 6.07) is 10.6. The molecule has 0 heterocycles. The van der Waals surface area contributed by atoms with Crippen LogP contribution in [0.15, 0.2) is 35.4 Å². The van der Waals surface area contributed by atoms with Gasteiger partial charge in [0.05, 0.1) is 0 Å². The van der Waals surface area contributed by atoms with Crippen LogP contribution in [0.25, 0.3) is 0 Å². The highest BCUT2D eigenvalue weighted by Gasteiger charge is 2.22. The highest BCUT2D eigenvalue weighted by Crippen LogP contribution is 2.30. The zero-order chi connectivity index (χ0) is 12.8. The zero-order valence-electron chi connectivity index (χ0n) is 10.6. The Morgan fingerprint density at radius 2 is 2.06 bits per heavy atom. The summed E-state index contributed by atoms with van der Waals surface area (Å²) in [4.78, 5) is 0. The molecule has 2 rings (SSSR count). The van der Waals surface area contributed by atoms with Crippen molar-refractivity contribution in [1.29, 1.82) is 0 Å². The van der Waals surface area contributed by atoms with Crippen LogP contribution in [0.5, 0.6) is 0 Å². The lowest BCUT2D eigenvalue weighted by molar-refractivity contribution is 0.608. The molecule has 0 unspecified atom stereocenters. The Morgan fingerprint density at radius 3 is 2.78 bits per heavy atom. The molecule has 0 aliphatic heterocycles. The first-order chi connectivity index (χ1) is 8.81. The minimum Gasteiger partial charge on any atom is -0.364 e. The number of rotatable bonds is 2. The lowest BCUT2D eigenvalue weighted by Crippen LogP contribution is -2.31. The van der Waals surface area contributed by atoms with Gasteiger partial charge in [-0.05, 0) is 37.0 Å². The predicted octanol–water partition coefficient (Wildman–Crippen LogP) is 2.79. The van der Waals surface area contributed by atoms with Crippen LogP contribution in [-0.2, 0) is 0 Å². The molecular weight excluding hydrogens is 242 g/mol. The summed E-state index contributed by atoms with van der Waals surface area (Å²) in [6.45, 7) is 0. The van der Waals surface area contributed by atoms with Gasteiger partial charge in [0.25, 0.3) is 0 Å². The van der Waals surface area contributed by atoms with Gasteiger partial charge in [-0.25, -0.2) is 0 Å². The summed E-state index contributed by atoms with van der Waals surface area (Å²) < 4.78 is 0. The van der Waals surface area contributed by atoms with Crippen molar-refractivity contribution < 1.29 is 0 Å². The average Bonchev–Trinajstić information content (AvgIpc) is 2.46. The van der Waals surface area contributed by atoms with Gasteiger partial charge in [0.2, 0.25) is 0 Å². The number of hydrazone groups is 1. The Labute approximate surface area is 114 Å². The van der Waals surface area contributed by atoms with Crippen LogP contribution in [0.4, 0.5) is 0 Å². The minimum absolute atomic E-state index is 0.437. The summed E-state index contributed by atoms with van der Waals surface area (Å²) in [5.74, 6) is 0.437. The van der Waals surface area contributed by atoms with Crippen LogP contribution in [-0.4, -0.2) is 17.9 Å². The number of benzene rings is 1. The highest BCUT2D eigenvalue weighted by atomic mass is 32.1. The summed E-state index contributed by atoms with van der Waals surface area (Å²) in [6.07, 6.45) is 4.72. The molecule has 1 saturated carbocycles. The van der Waals surface area contributed by atoms with E-state index in [1.54, 1.807) is 7.05 Å². The molecule has 0 amide bonds. The normalized spacial score (nSPS) is 21.6. The molecule has 4 heteroatoms. The third-order valence-corrected chi connectivity index (χ3v) is 3.60. The van der Waals surface area contributed by atoms with E-state index in [1.165, 1.54) is 30.5 Å². The largest absolute Gasteiger partial charge is 0.364 e. The molecule has 3 nitrogen and oxygen atoms in total. The van der Waals surface area contributed by atoms with Gasteiger partial charge in [-0.1, -0.05) is 36.8 Å². The molecule has 1 atom stereocenters. The van der Waals surface area contributed by atoms with Crippen LogP contribution in [0.3, 0.4) is 0 Å². The van der Waals surface area contributed by atoms with E-state index in [2.05, 4.69) is 46.2 Å². The zero-order valence-corrected chi connectivity index (χ0v) is 11.5. The van der Waals surface area contributed by atoms with Gasteiger partial charge in [-0.3, -0.25) is 5.43 Å². The molecule has 0 aromatic heterocycles. The van der Waals surface area contributed by atoms with Crippen molar-refractivity contribution in [2.45, 2.75) is 31.6 Å². The van der Waals surface area contributed by atoms with Gasteiger partial charge in [0.15, 0.2) is 5.11 Å². The second-order valence-electron chi connectivity index (χ2n) is 4.50. The second kappa shape index (κ2) is 6.50. The van der Waals surface area contributed by atoms with Gasteiger partial charge >= 0.3 is 0 Å². The van der Waals surface area contributed by atoms with Crippen LogP contribution in [0, 0.1) is 0 Å². The van der Waals surface area contributed by atoms with Crippen molar-refractivity contribution in [2.75, 3.05) is 7.05 Å². The van der Waals surface area contributed by atoms with Crippen molar-refractivity contribution in [1.82, 2.24) is 10.7 Å². The predicted molar refractivity (Wildman–Crippen MR) is 79.9 cm³/mol. The summed E-state index contributed by atoms with van der Waals surface area (Å²) in [5.41, 5.74) is 5.48. The summed E-state index contributed by atoms with van der Waals surface area (Å²) >= 11 is 5.05. The van der Waals surface area contributed by atoms with E-state index in [0.29, 0.717) is 11.0 Å². The molecule has 2 N–H and O–H groups in total. The van der Waals surface area contributed by atoms with E-state index in [4.69, 9.17) is 12.2 Å². The van der Waals surface area contributed by atoms with Crippen LogP contribution in [0.2, 0.25) is 0 Å². The molecule has 0 bridgehead atoms. The topological polar surface area (TPSA) is 36.4 Å². The fourth-order valence-electron chi connectivity index (χ4n) is 2.35. The lowest BCUT2D eigenvalue weighted by Gasteiger charge is -2.24. The maximum atomic E-state index is 5.05. The highest BCUT2D eigenvalue weighted by molar-refractivity contribution is 7.80. The van der Waals surface area contributed by atoms with Crippen molar-refractivity contribution in [3.8, 4) is 0 Å². The SMILES string of the molecule is CNC(=S)N/N=C1/CCCC[C@@H]1c1ccccc1. The quantitative estimate of drug-likeness (QED) is 0.635. The van der Waals surface area contributed by atoms with Crippen LogP contribution < -0.4 is 10.7 Å². The Hall–Kier alpha value is -1.42. The van der Waals surface area contributed by atoms with E-state index in [-0.39, 0.29) is 0 Å². The van der Waals surface area contributed by atoms with E-state index < -0.39 is 0 Å². The van der Waals surface area contributed by atoms with Crippen molar-refractivity contribution in [3.05, 3.63) is 35.9 Å². The molecule has 1 aromatic carbocycles. The first-order valence-electron chi connectivity index (χ1n) is 6.40. The molecular formula is C14H19N3S. The summed E-state index contributed by atoms with van der Waals surface area (Å²) in [7, 11) is 1.80. The van der Waals surface area contributed by atoms with Gasteiger partial charge < -0.3 is 5.32 Å². The molecule has 18 heavy (non-hydrogen) atoms. The van der Waals surface area contributed by atoms with Crippen molar-refractivity contribution in [3.63, 3.8) is 0 Å². The van der Waals surface area contributed by atoms with Gasteiger partial charge in [0.1, 0.15) is 0 Å². The monoisotopic (exact) mass is 261 g/mol. The number of thiocarbonyl (C=S) groups is 1. The van der Waals surface area contributed by atoms with Crippen LogP contribution in [0.1, 0.15) is 37.2 Å². The average molecular weight is 261 g/mol. The Kier molecular flexibility index (Phi) is 4.70. The lowest BCUT2D eigenvalue weighted by atomic mass is 9.82. The molecule has 1 aliphatic rings. The maximum Gasteiger partial charge on any atom is 0.186 e. The van der Waals surface area contributed by atoms with Gasteiger partial charge in [0, 0.05) is 18.7 Å². The molecule has 0 saturated heterocycles. The van der Waals surface area contributed by atoms with E-state index >= 15 is 0 Å². The molecule has 0 radical (unpaired) electrons. The van der Waals surface area contributed by atoms with E-state index in [0.717, 1.165) is 6.42 Å². The minimum atomic E-state index is 0.437. The van der Waals surface area contributed by atoms with Gasteiger partial charge in [-0.15, -0.1) is 0 Å². The molecule has 1 aliphatic carbocycles. The molecule has 1 fully saturated rings. The molecule has 96 valence electrons. The number of hydrogen-bond acceptors (Lipinski definition) is 2. The number of nitrogens with zero attached hydrogens (tertiary/aromatic N) is 1. The molecule has 1 aromatic rings. The van der Waals surface area contributed by atoms with Crippen LogP contribution >= 0.6 is 12.2 Å². The first-order valence-corrected chi connectivity index (χ1v) is 6.81. The first kappa shape index (κ1) is 13.0. The van der Waals surface area contributed by atoms with E-state index in [1.807, 2.05) is 0 Å². The van der Waals surface area contributed by atoms with Crippen molar-refractivity contribution >= 4 is 23.0 Å². The number of nitrogens with one attached hydrogen (secondary N) is 2. The van der Waals surface area contributed by atoms with E-state index in [9.17, 15) is 0 Å². The molecule has 0 spiro atoms.